The maximum atomic E-state index is 11.8. The van der Waals surface area contributed by atoms with Crippen molar-refractivity contribution < 1.29 is 4.79 Å². The zero-order chi connectivity index (χ0) is 11.4. The molecule has 0 aromatic carbocycles. The number of imidazole rings is 1. The van der Waals surface area contributed by atoms with Gasteiger partial charge in [-0.25, -0.2) is 4.98 Å². The molecule has 0 N–H and O–H groups in total. The van der Waals surface area contributed by atoms with Crippen LogP contribution in [0.15, 0.2) is 18.7 Å². The summed E-state index contributed by atoms with van der Waals surface area (Å²) in [5.74, 6) is 0.855. The van der Waals surface area contributed by atoms with Crippen molar-refractivity contribution in [3.63, 3.8) is 0 Å². The third-order valence-electron chi connectivity index (χ3n) is 2.96. The number of rotatable bonds is 3. The van der Waals surface area contributed by atoms with Gasteiger partial charge in [-0.05, 0) is 19.1 Å². The van der Waals surface area contributed by atoms with E-state index in [1.807, 2.05) is 23.7 Å². The molecule has 5 heteroatoms. The number of piperidine rings is 1. The number of hydrogen-bond acceptors (Lipinski definition) is 3. The van der Waals surface area contributed by atoms with Crippen molar-refractivity contribution in [2.45, 2.75) is 18.9 Å². The molecule has 0 radical (unpaired) electrons. The van der Waals surface area contributed by atoms with E-state index in [1.54, 1.807) is 18.0 Å². The van der Waals surface area contributed by atoms with E-state index in [2.05, 4.69) is 9.55 Å². The highest BCUT2D eigenvalue weighted by Gasteiger charge is 2.23. The van der Waals surface area contributed by atoms with E-state index in [0.29, 0.717) is 11.8 Å². The molecule has 1 saturated heterocycles. The van der Waals surface area contributed by atoms with Crippen molar-refractivity contribution in [1.29, 1.82) is 0 Å². The fraction of sp³-hybridized carbons (Fsp3) is 0.636. The summed E-state index contributed by atoms with van der Waals surface area (Å²) >= 11 is 1.59. The van der Waals surface area contributed by atoms with Gasteiger partial charge in [-0.1, -0.05) is 0 Å². The summed E-state index contributed by atoms with van der Waals surface area (Å²) in [6.07, 6.45) is 9.81. The lowest BCUT2D eigenvalue weighted by atomic mass is 10.1. The van der Waals surface area contributed by atoms with Crippen LogP contribution in [0.5, 0.6) is 0 Å². The third kappa shape index (κ3) is 2.58. The van der Waals surface area contributed by atoms with Crippen molar-refractivity contribution in [3.8, 4) is 0 Å². The van der Waals surface area contributed by atoms with E-state index in [4.69, 9.17) is 0 Å². The van der Waals surface area contributed by atoms with Gasteiger partial charge in [0.25, 0.3) is 0 Å². The maximum absolute atomic E-state index is 11.8. The van der Waals surface area contributed by atoms with Crippen LogP contribution in [0, 0.1) is 0 Å². The fourth-order valence-corrected chi connectivity index (χ4v) is 2.55. The average Bonchev–Trinajstić information content (AvgIpc) is 2.83. The Balaban J connectivity index is 1.96. The number of thioether (sulfide) groups is 1. The van der Waals surface area contributed by atoms with Gasteiger partial charge in [-0.3, -0.25) is 4.79 Å². The smallest absolute Gasteiger partial charge is 0.232 e. The minimum atomic E-state index is 0.261. The standard InChI is InChI=1S/C11H17N3OS/c1-16-8-11(15)13-5-2-3-10(7-13)14-6-4-12-9-14/h4,6,9-10H,2-3,5,7-8H2,1H3/t10-/m1/s1. The summed E-state index contributed by atoms with van der Waals surface area (Å²) in [5, 5.41) is 0. The minimum Gasteiger partial charge on any atom is -0.340 e. The molecular formula is C11H17N3OS. The molecule has 0 aliphatic carbocycles. The SMILES string of the molecule is CSCC(=O)N1CCC[C@@H](n2ccnc2)C1. The molecular weight excluding hydrogens is 222 g/mol. The summed E-state index contributed by atoms with van der Waals surface area (Å²) in [7, 11) is 0. The molecule has 2 heterocycles. The van der Waals surface area contributed by atoms with Crippen molar-refractivity contribution in [2.75, 3.05) is 25.1 Å². The van der Waals surface area contributed by atoms with Crippen LogP contribution in [0.4, 0.5) is 0 Å². The molecule has 0 unspecified atom stereocenters. The number of hydrogen-bond donors (Lipinski definition) is 0. The first-order chi connectivity index (χ1) is 7.81. The Hall–Kier alpha value is -0.970. The third-order valence-corrected chi connectivity index (χ3v) is 3.50. The Morgan fingerprint density at radius 2 is 2.50 bits per heavy atom. The van der Waals surface area contributed by atoms with Gasteiger partial charge in [0.05, 0.1) is 18.1 Å². The highest BCUT2D eigenvalue weighted by Crippen LogP contribution is 2.21. The topological polar surface area (TPSA) is 38.1 Å². The van der Waals surface area contributed by atoms with Crippen molar-refractivity contribution in [3.05, 3.63) is 18.7 Å². The van der Waals surface area contributed by atoms with Crippen molar-refractivity contribution in [2.24, 2.45) is 0 Å². The molecule has 16 heavy (non-hydrogen) atoms. The molecule has 0 bridgehead atoms. The molecule has 1 aliphatic rings. The van der Waals surface area contributed by atoms with Crippen LogP contribution < -0.4 is 0 Å². The van der Waals surface area contributed by atoms with Crippen LogP contribution in [0.2, 0.25) is 0 Å². The van der Waals surface area contributed by atoms with Gasteiger partial charge < -0.3 is 9.47 Å². The number of carbonyl (C=O) groups is 1. The molecule has 88 valence electrons. The predicted molar refractivity (Wildman–Crippen MR) is 65.5 cm³/mol. The Bertz CT molecular complexity index is 339. The van der Waals surface area contributed by atoms with Crippen LogP contribution >= 0.6 is 11.8 Å². The van der Waals surface area contributed by atoms with Gasteiger partial charge >= 0.3 is 0 Å². The number of nitrogens with zero attached hydrogens (tertiary/aromatic N) is 3. The minimum absolute atomic E-state index is 0.261. The Kier molecular flexibility index (Phi) is 3.88. The van der Waals surface area contributed by atoms with Gasteiger partial charge in [-0.2, -0.15) is 11.8 Å². The summed E-state index contributed by atoms with van der Waals surface area (Å²) < 4.78 is 2.11. The molecule has 1 amide bonds. The number of amides is 1. The van der Waals surface area contributed by atoms with Crippen LogP contribution in [0.25, 0.3) is 0 Å². The lowest BCUT2D eigenvalue weighted by Gasteiger charge is -2.33. The lowest BCUT2D eigenvalue weighted by molar-refractivity contribution is -0.129. The maximum Gasteiger partial charge on any atom is 0.232 e. The summed E-state index contributed by atoms with van der Waals surface area (Å²) in [6, 6.07) is 0.405. The largest absolute Gasteiger partial charge is 0.340 e. The molecule has 2 rings (SSSR count). The monoisotopic (exact) mass is 239 g/mol. The van der Waals surface area contributed by atoms with Gasteiger partial charge in [0, 0.05) is 25.5 Å². The van der Waals surface area contributed by atoms with Crippen molar-refractivity contribution in [1.82, 2.24) is 14.5 Å². The zero-order valence-electron chi connectivity index (χ0n) is 9.50. The number of aromatic nitrogens is 2. The average molecular weight is 239 g/mol. The summed E-state index contributed by atoms with van der Waals surface area (Å²) in [6.45, 7) is 1.74. The van der Waals surface area contributed by atoms with Gasteiger partial charge in [0.15, 0.2) is 0 Å². The Morgan fingerprint density at radius 3 is 3.19 bits per heavy atom. The van der Waals surface area contributed by atoms with Crippen LogP contribution in [-0.2, 0) is 4.79 Å². The fourth-order valence-electron chi connectivity index (χ4n) is 2.12. The molecule has 1 aliphatic heterocycles. The first-order valence-corrected chi connectivity index (χ1v) is 6.95. The predicted octanol–water partition coefficient (Wildman–Crippen LogP) is 1.41. The second kappa shape index (κ2) is 5.39. The van der Waals surface area contributed by atoms with Gasteiger partial charge in [0.1, 0.15) is 0 Å². The second-order valence-electron chi connectivity index (χ2n) is 4.08. The molecule has 1 aromatic heterocycles. The lowest BCUT2D eigenvalue weighted by Crippen LogP contribution is -2.41. The van der Waals surface area contributed by atoms with Crippen molar-refractivity contribution >= 4 is 17.7 Å². The highest BCUT2D eigenvalue weighted by atomic mass is 32.2. The highest BCUT2D eigenvalue weighted by molar-refractivity contribution is 7.99. The normalized spacial score (nSPS) is 21.1. The van der Waals surface area contributed by atoms with E-state index in [-0.39, 0.29) is 5.91 Å². The molecule has 4 nitrogen and oxygen atoms in total. The van der Waals surface area contributed by atoms with E-state index in [0.717, 1.165) is 25.9 Å². The first kappa shape index (κ1) is 11.5. The quantitative estimate of drug-likeness (QED) is 0.800. The van der Waals surface area contributed by atoms with Gasteiger partial charge in [-0.15, -0.1) is 0 Å². The van der Waals surface area contributed by atoms with Crippen LogP contribution in [0.3, 0.4) is 0 Å². The molecule has 1 fully saturated rings. The van der Waals surface area contributed by atoms with Crippen LogP contribution in [-0.4, -0.2) is 45.5 Å². The zero-order valence-corrected chi connectivity index (χ0v) is 10.3. The molecule has 0 saturated carbocycles. The summed E-state index contributed by atoms with van der Waals surface area (Å²) in [4.78, 5) is 17.8. The first-order valence-electron chi connectivity index (χ1n) is 5.55. The van der Waals surface area contributed by atoms with E-state index in [9.17, 15) is 4.79 Å². The number of likely N-dealkylation sites (tertiary alicyclic amines) is 1. The second-order valence-corrected chi connectivity index (χ2v) is 4.94. The van der Waals surface area contributed by atoms with Crippen LogP contribution in [0.1, 0.15) is 18.9 Å². The van der Waals surface area contributed by atoms with Gasteiger partial charge in [0.2, 0.25) is 5.91 Å². The van der Waals surface area contributed by atoms with E-state index >= 15 is 0 Å². The van der Waals surface area contributed by atoms with E-state index < -0.39 is 0 Å². The molecule has 1 atom stereocenters. The number of carbonyl (C=O) groups excluding carboxylic acids is 1. The van der Waals surface area contributed by atoms with E-state index in [1.165, 1.54) is 0 Å². The molecule has 0 spiro atoms. The summed E-state index contributed by atoms with van der Waals surface area (Å²) in [5.41, 5.74) is 0. The molecule has 1 aromatic rings. The Labute approximate surface area is 100 Å². The Morgan fingerprint density at radius 1 is 1.62 bits per heavy atom.